The van der Waals surface area contributed by atoms with Gasteiger partial charge in [-0.2, -0.15) is 9.40 Å². The van der Waals surface area contributed by atoms with Crippen LogP contribution in [0.15, 0.2) is 0 Å². The van der Waals surface area contributed by atoms with Gasteiger partial charge >= 0.3 is 0 Å². The van der Waals surface area contributed by atoms with Crippen LogP contribution in [0.25, 0.3) is 0 Å². The van der Waals surface area contributed by atoms with E-state index in [0.717, 1.165) is 17.8 Å². The molecule has 1 aliphatic heterocycles. The van der Waals surface area contributed by atoms with E-state index in [9.17, 15) is 8.42 Å². The third-order valence-corrected chi connectivity index (χ3v) is 4.68. The molecular formula is C9H15N3O2S. The Hall–Kier alpha value is -0.880. The number of rotatable bonds is 2. The first-order valence-corrected chi connectivity index (χ1v) is 6.66. The number of aromatic amines is 1. The fourth-order valence-corrected chi connectivity index (χ4v) is 2.92. The molecule has 2 heterocycles. The summed E-state index contributed by atoms with van der Waals surface area (Å²) in [6.45, 7) is 4.62. The summed E-state index contributed by atoms with van der Waals surface area (Å²) in [5.74, 6) is 0.158. The number of hydrogen-bond acceptors (Lipinski definition) is 3. The molecule has 1 aliphatic rings. The SMILES string of the molecule is CCS(=O)(=O)N1CCc2c(n[nH]c2C)C1. The van der Waals surface area contributed by atoms with E-state index >= 15 is 0 Å². The zero-order valence-electron chi connectivity index (χ0n) is 8.95. The zero-order valence-corrected chi connectivity index (χ0v) is 9.76. The van der Waals surface area contributed by atoms with Gasteiger partial charge in [0, 0.05) is 12.2 Å². The second-order valence-corrected chi connectivity index (χ2v) is 6.02. The summed E-state index contributed by atoms with van der Waals surface area (Å²) in [5, 5.41) is 7.02. The summed E-state index contributed by atoms with van der Waals surface area (Å²) in [6.07, 6.45) is 0.761. The fraction of sp³-hybridized carbons (Fsp3) is 0.667. The number of nitrogens with zero attached hydrogens (tertiary/aromatic N) is 2. The molecule has 2 rings (SSSR count). The van der Waals surface area contributed by atoms with Crippen LogP contribution in [0.3, 0.4) is 0 Å². The molecule has 0 spiro atoms. The molecule has 5 nitrogen and oxygen atoms in total. The van der Waals surface area contributed by atoms with Crippen LogP contribution in [-0.2, 0) is 23.0 Å². The quantitative estimate of drug-likeness (QED) is 0.799. The maximum atomic E-state index is 11.7. The first-order valence-electron chi connectivity index (χ1n) is 5.05. The van der Waals surface area contributed by atoms with Crippen LogP contribution in [0.1, 0.15) is 23.9 Å². The van der Waals surface area contributed by atoms with Crippen molar-refractivity contribution in [3.8, 4) is 0 Å². The van der Waals surface area contributed by atoms with Gasteiger partial charge < -0.3 is 0 Å². The Morgan fingerprint density at radius 2 is 2.27 bits per heavy atom. The topological polar surface area (TPSA) is 66.1 Å². The van der Waals surface area contributed by atoms with Crippen LogP contribution in [0.5, 0.6) is 0 Å². The Bertz CT molecular complexity index is 464. The van der Waals surface area contributed by atoms with Gasteiger partial charge in [-0.15, -0.1) is 0 Å². The van der Waals surface area contributed by atoms with E-state index in [4.69, 9.17) is 0 Å². The third kappa shape index (κ3) is 1.79. The summed E-state index contributed by atoms with van der Waals surface area (Å²) in [6, 6.07) is 0. The molecule has 0 fully saturated rings. The highest BCUT2D eigenvalue weighted by atomic mass is 32.2. The Balaban J connectivity index is 2.27. The van der Waals surface area contributed by atoms with Gasteiger partial charge in [-0.3, -0.25) is 5.10 Å². The molecule has 84 valence electrons. The largest absolute Gasteiger partial charge is 0.282 e. The second-order valence-electron chi connectivity index (χ2n) is 3.76. The lowest BCUT2D eigenvalue weighted by Crippen LogP contribution is -2.36. The van der Waals surface area contributed by atoms with Crippen LogP contribution < -0.4 is 0 Å². The number of hydrogen-bond donors (Lipinski definition) is 1. The Labute approximate surface area is 89.5 Å². The summed E-state index contributed by atoms with van der Waals surface area (Å²) in [4.78, 5) is 0. The van der Waals surface area contributed by atoms with Gasteiger partial charge in [0.25, 0.3) is 0 Å². The summed E-state index contributed by atoms with van der Waals surface area (Å²) < 4.78 is 24.8. The molecule has 0 saturated carbocycles. The maximum absolute atomic E-state index is 11.7. The van der Waals surface area contributed by atoms with Crippen molar-refractivity contribution in [1.82, 2.24) is 14.5 Å². The van der Waals surface area contributed by atoms with Crippen LogP contribution in [-0.4, -0.2) is 35.2 Å². The number of aromatic nitrogens is 2. The van der Waals surface area contributed by atoms with Crippen LogP contribution in [0, 0.1) is 6.92 Å². The van der Waals surface area contributed by atoms with E-state index in [-0.39, 0.29) is 5.75 Å². The molecule has 1 aromatic rings. The van der Waals surface area contributed by atoms with Crippen molar-refractivity contribution in [2.45, 2.75) is 26.8 Å². The van der Waals surface area contributed by atoms with Crippen molar-refractivity contribution in [3.63, 3.8) is 0 Å². The average molecular weight is 229 g/mol. The number of fused-ring (bicyclic) bond motifs is 1. The van der Waals surface area contributed by atoms with Crippen molar-refractivity contribution in [3.05, 3.63) is 17.0 Å². The van der Waals surface area contributed by atoms with E-state index in [1.165, 1.54) is 9.87 Å². The summed E-state index contributed by atoms with van der Waals surface area (Å²) in [5.41, 5.74) is 3.10. The monoisotopic (exact) mass is 229 g/mol. The van der Waals surface area contributed by atoms with Gasteiger partial charge in [0.05, 0.1) is 18.0 Å². The van der Waals surface area contributed by atoms with Crippen molar-refractivity contribution in [2.75, 3.05) is 12.3 Å². The molecule has 0 aromatic carbocycles. The van der Waals surface area contributed by atoms with Crippen LogP contribution in [0.4, 0.5) is 0 Å². The summed E-state index contributed by atoms with van der Waals surface area (Å²) in [7, 11) is -3.08. The van der Waals surface area contributed by atoms with E-state index in [2.05, 4.69) is 10.2 Å². The molecule has 0 unspecified atom stereocenters. The number of nitrogens with one attached hydrogen (secondary N) is 1. The molecule has 1 aromatic heterocycles. The van der Waals surface area contributed by atoms with E-state index in [1.807, 2.05) is 6.92 Å². The molecule has 0 aliphatic carbocycles. The molecule has 0 radical (unpaired) electrons. The third-order valence-electron chi connectivity index (χ3n) is 2.86. The van der Waals surface area contributed by atoms with Gasteiger partial charge in [0.15, 0.2) is 0 Å². The van der Waals surface area contributed by atoms with Gasteiger partial charge in [-0.25, -0.2) is 8.42 Å². The fourth-order valence-electron chi connectivity index (χ4n) is 1.87. The predicted octanol–water partition coefficient (Wildman–Crippen LogP) is 0.426. The lowest BCUT2D eigenvalue weighted by Gasteiger charge is -2.25. The van der Waals surface area contributed by atoms with E-state index < -0.39 is 10.0 Å². The highest BCUT2D eigenvalue weighted by molar-refractivity contribution is 7.89. The van der Waals surface area contributed by atoms with E-state index in [0.29, 0.717) is 13.1 Å². The molecule has 0 saturated heterocycles. The number of H-pyrrole nitrogens is 1. The standard InChI is InChI=1S/C9H15N3O2S/c1-3-15(13,14)12-5-4-8-7(2)10-11-9(8)6-12/h3-6H2,1-2H3,(H,10,11). The number of sulfonamides is 1. The van der Waals surface area contributed by atoms with Crippen LogP contribution >= 0.6 is 0 Å². The predicted molar refractivity (Wildman–Crippen MR) is 56.9 cm³/mol. The minimum absolute atomic E-state index is 0.158. The molecule has 0 bridgehead atoms. The van der Waals surface area contributed by atoms with E-state index in [1.54, 1.807) is 6.92 Å². The van der Waals surface area contributed by atoms with Gasteiger partial charge in [-0.1, -0.05) is 0 Å². The zero-order chi connectivity index (χ0) is 11.1. The molecule has 6 heteroatoms. The average Bonchev–Trinajstić information content (AvgIpc) is 2.60. The highest BCUT2D eigenvalue weighted by Crippen LogP contribution is 2.21. The van der Waals surface area contributed by atoms with Crippen molar-refractivity contribution < 1.29 is 8.42 Å². The Morgan fingerprint density at radius 1 is 1.53 bits per heavy atom. The molecule has 0 amide bonds. The maximum Gasteiger partial charge on any atom is 0.214 e. The summed E-state index contributed by atoms with van der Waals surface area (Å²) >= 11 is 0. The molecular weight excluding hydrogens is 214 g/mol. The van der Waals surface area contributed by atoms with Crippen LogP contribution in [0.2, 0.25) is 0 Å². The smallest absolute Gasteiger partial charge is 0.214 e. The first kappa shape index (κ1) is 10.6. The normalized spacial score (nSPS) is 17.7. The van der Waals surface area contributed by atoms with Gasteiger partial charge in [0.1, 0.15) is 0 Å². The van der Waals surface area contributed by atoms with Crippen molar-refractivity contribution >= 4 is 10.0 Å². The second kappa shape index (κ2) is 3.61. The first-order chi connectivity index (χ1) is 7.04. The molecule has 0 atom stereocenters. The lowest BCUT2D eigenvalue weighted by molar-refractivity contribution is 0.387. The van der Waals surface area contributed by atoms with Gasteiger partial charge in [0.2, 0.25) is 10.0 Å². The van der Waals surface area contributed by atoms with Gasteiger partial charge in [-0.05, 0) is 25.8 Å². The van der Waals surface area contributed by atoms with Crippen molar-refractivity contribution in [1.29, 1.82) is 0 Å². The minimum Gasteiger partial charge on any atom is -0.282 e. The Morgan fingerprint density at radius 3 is 2.93 bits per heavy atom. The minimum atomic E-state index is -3.08. The lowest BCUT2D eigenvalue weighted by atomic mass is 10.1. The van der Waals surface area contributed by atoms with Crippen molar-refractivity contribution in [2.24, 2.45) is 0 Å². The Kier molecular flexibility index (Phi) is 2.56. The highest BCUT2D eigenvalue weighted by Gasteiger charge is 2.27. The molecule has 1 N–H and O–H groups in total. The number of aryl methyl sites for hydroxylation is 1. The molecule has 15 heavy (non-hydrogen) atoms.